The molecule has 1 fully saturated rings. The molecule has 1 aliphatic heterocycles. The molecule has 4 radical (unpaired) electrons. The molecule has 1 rings (SSSR count). The monoisotopic (exact) mass is 444 g/mol. The fourth-order valence-corrected chi connectivity index (χ4v) is 1.77. The van der Waals surface area contributed by atoms with Gasteiger partial charge in [-0.25, -0.2) is 0 Å². The number of alkyl halides is 2. The van der Waals surface area contributed by atoms with Crippen molar-refractivity contribution in [3.63, 3.8) is 0 Å². The molecule has 1 aliphatic rings. The smallest absolute Gasteiger partial charge is 0.169 e. The van der Waals surface area contributed by atoms with Gasteiger partial charge < -0.3 is 4.74 Å². The summed E-state index contributed by atoms with van der Waals surface area (Å²) in [6, 6.07) is 0. The van der Waals surface area contributed by atoms with Crippen LogP contribution in [0.25, 0.3) is 0 Å². The summed E-state index contributed by atoms with van der Waals surface area (Å²) in [7, 11) is 0. The fourth-order valence-electron chi connectivity index (χ4n) is 0.572. The second-order valence-corrected chi connectivity index (χ2v) is 7.14. The molecule has 4 heteroatoms. The van der Waals surface area contributed by atoms with Gasteiger partial charge in [0.15, 0.2) is 1.61 Å². The number of halogens is 2. The van der Waals surface area contributed by atoms with Crippen LogP contribution in [0.1, 0.15) is 12.8 Å². The van der Waals surface area contributed by atoms with Gasteiger partial charge in [-0.05, 0) is 58.0 Å². The zero-order chi connectivity index (χ0) is 5.33. The molecular weight excluding hydrogens is 437 g/mol. The van der Waals surface area contributed by atoms with E-state index in [1.807, 2.05) is 0 Å². The van der Waals surface area contributed by atoms with E-state index in [0.717, 1.165) is 6.61 Å². The molecule has 46 valence electrons. The van der Waals surface area contributed by atoms with E-state index < -0.39 is 0 Å². The molecule has 0 unspecified atom stereocenters. The Labute approximate surface area is 93.5 Å². The number of rotatable bonds is 0. The largest absolute Gasteiger partial charge is 0.355 e. The van der Waals surface area contributed by atoms with Gasteiger partial charge in [-0.3, -0.25) is 0 Å². The van der Waals surface area contributed by atoms with Crippen molar-refractivity contribution in [1.29, 1.82) is 0 Å². The second-order valence-electron chi connectivity index (χ2n) is 1.59. The van der Waals surface area contributed by atoms with Gasteiger partial charge in [0.25, 0.3) is 0 Å². The van der Waals surface area contributed by atoms with Crippen LogP contribution in [0.2, 0.25) is 0 Å². The standard InChI is InChI=1S/C4H6I2O.Sn/c5-4(6)2-1-3-7-4;/h1-3H2;. The van der Waals surface area contributed by atoms with Crippen LogP contribution in [-0.4, -0.2) is 32.1 Å². The topological polar surface area (TPSA) is 9.23 Å². The molecule has 0 aromatic carbocycles. The first-order chi connectivity index (χ1) is 3.21. The first-order valence-electron chi connectivity index (χ1n) is 2.22. The maximum Gasteiger partial charge on any atom is 0.169 e. The molecule has 1 nitrogen and oxygen atoms in total. The SMILES string of the molecule is IC1(I)CCCO1.[Sn]. The average Bonchev–Trinajstić information content (AvgIpc) is 1.84. The van der Waals surface area contributed by atoms with E-state index in [9.17, 15) is 0 Å². The van der Waals surface area contributed by atoms with Gasteiger partial charge in [-0.1, -0.05) is 0 Å². The van der Waals surface area contributed by atoms with Gasteiger partial charge in [0.2, 0.25) is 0 Å². The van der Waals surface area contributed by atoms with Crippen LogP contribution in [0.5, 0.6) is 0 Å². The summed E-state index contributed by atoms with van der Waals surface area (Å²) < 4.78 is 5.45. The maximum atomic E-state index is 5.31. The van der Waals surface area contributed by atoms with Crippen molar-refractivity contribution in [2.75, 3.05) is 6.61 Å². The van der Waals surface area contributed by atoms with Gasteiger partial charge >= 0.3 is 0 Å². The Morgan fingerprint density at radius 3 is 2.12 bits per heavy atom. The van der Waals surface area contributed by atoms with Crippen LogP contribution >= 0.6 is 45.2 Å². The van der Waals surface area contributed by atoms with Crippen molar-refractivity contribution in [3.05, 3.63) is 0 Å². The molecule has 8 heavy (non-hydrogen) atoms. The minimum atomic E-state index is 0. The summed E-state index contributed by atoms with van der Waals surface area (Å²) in [5, 5.41) is 0. The van der Waals surface area contributed by atoms with E-state index in [0.29, 0.717) is 0 Å². The maximum absolute atomic E-state index is 5.31. The van der Waals surface area contributed by atoms with Crippen LogP contribution in [0.15, 0.2) is 0 Å². The van der Waals surface area contributed by atoms with Crippen molar-refractivity contribution in [1.82, 2.24) is 0 Å². The fraction of sp³-hybridized carbons (Fsp3) is 1.00. The van der Waals surface area contributed by atoms with Gasteiger partial charge in [-0.15, -0.1) is 0 Å². The normalized spacial score (nSPS) is 24.8. The predicted octanol–water partition coefficient (Wildman–Crippen LogP) is 1.94. The summed E-state index contributed by atoms with van der Waals surface area (Å²) in [5.41, 5.74) is 0. The number of hydrogen-bond donors (Lipinski definition) is 0. The Morgan fingerprint density at radius 1 is 1.38 bits per heavy atom. The number of ether oxygens (including phenoxy) is 1. The summed E-state index contributed by atoms with van der Waals surface area (Å²) >= 11 is 4.66. The van der Waals surface area contributed by atoms with E-state index in [1.54, 1.807) is 0 Å². The van der Waals surface area contributed by atoms with E-state index in [-0.39, 0.29) is 25.5 Å². The van der Waals surface area contributed by atoms with E-state index in [4.69, 9.17) is 4.74 Å². The van der Waals surface area contributed by atoms with Gasteiger partial charge in [-0.2, -0.15) is 0 Å². The van der Waals surface area contributed by atoms with Crippen LogP contribution in [-0.2, 0) is 4.74 Å². The van der Waals surface area contributed by atoms with Crippen molar-refractivity contribution >= 4 is 69.1 Å². The second kappa shape index (κ2) is 4.17. The summed E-state index contributed by atoms with van der Waals surface area (Å²) in [5.74, 6) is 0. The van der Waals surface area contributed by atoms with Gasteiger partial charge in [0, 0.05) is 30.5 Å². The van der Waals surface area contributed by atoms with Crippen molar-refractivity contribution in [3.8, 4) is 0 Å². The summed E-state index contributed by atoms with van der Waals surface area (Å²) in [4.78, 5) is 0. The number of hydrogen-bond acceptors (Lipinski definition) is 1. The average molecular weight is 443 g/mol. The zero-order valence-corrected chi connectivity index (χ0v) is 11.5. The Morgan fingerprint density at radius 2 is 2.00 bits per heavy atom. The van der Waals surface area contributed by atoms with Crippen molar-refractivity contribution < 1.29 is 4.74 Å². The molecule has 0 aromatic rings. The molecule has 0 N–H and O–H groups in total. The predicted molar refractivity (Wildman–Crippen MR) is 51.7 cm³/mol. The molecule has 0 atom stereocenters. The van der Waals surface area contributed by atoms with Crippen LogP contribution in [0, 0.1) is 0 Å². The van der Waals surface area contributed by atoms with Crippen LogP contribution in [0.4, 0.5) is 0 Å². The zero-order valence-electron chi connectivity index (χ0n) is 4.29. The molecule has 0 saturated carbocycles. The Kier molecular flexibility index (Phi) is 5.33. The Balaban J connectivity index is 0.000000490. The van der Waals surface area contributed by atoms with Crippen LogP contribution < -0.4 is 0 Å². The van der Waals surface area contributed by atoms with E-state index >= 15 is 0 Å². The summed E-state index contributed by atoms with van der Waals surface area (Å²) in [6.07, 6.45) is 2.43. The molecule has 0 amide bonds. The van der Waals surface area contributed by atoms with E-state index in [1.165, 1.54) is 12.8 Å². The van der Waals surface area contributed by atoms with Gasteiger partial charge in [0.1, 0.15) is 0 Å². The third-order valence-electron chi connectivity index (χ3n) is 0.925. The van der Waals surface area contributed by atoms with Crippen LogP contribution in [0.3, 0.4) is 0 Å². The molecule has 0 spiro atoms. The molecule has 1 heterocycles. The minimum Gasteiger partial charge on any atom is -0.355 e. The first kappa shape index (κ1) is 10.2. The third kappa shape index (κ3) is 3.40. The first-order valence-corrected chi connectivity index (χ1v) is 4.38. The molecule has 0 aromatic heterocycles. The third-order valence-corrected chi connectivity index (χ3v) is 2.63. The molecule has 1 saturated heterocycles. The van der Waals surface area contributed by atoms with Gasteiger partial charge in [0.05, 0.1) is 0 Å². The Hall–Kier alpha value is 2.22. The summed E-state index contributed by atoms with van der Waals surface area (Å²) in [6.45, 7) is 0.950. The minimum absolute atomic E-state index is 0. The molecule has 0 aliphatic carbocycles. The molecule has 0 bridgehead atoms. The van der Waals surface area contributed by atoms with Crippen molar-refractivity contribution in [2.45, 2.75) is 14.5 Å². The Bertz CT molecular complexity index is 68.4. The van der Waals surface area contributed by atoms with E-state index in [2.05, 4.69) is 45.2 Å². The quantitative estimate of drug-likeness (QED) is 0.317. The molecular formula is C4H6I2OSn. The van der Waals surface area contributed by atoms with Crippen molar-refractivity contribution in [2.24, 2.45) is 0 Å².